The van der Waals surface area contributed by atoms with Crippen LogP contribution in [0.2, 0.25) is 0 Å². The van der Waals surface area contributed by atoms with Gasteiger partial charge in [-0.25, -0.2) is 8.42 Å². The Morgan fingerprint density at radius 1 is 1.23 bits per heavy atom. The molecule has 1 aromatic rings. The quantitative estimate of drug-likeness (QED) is 0.682. The molecule has 2 atom stereocenters. The van der Waals surface area contributed by atoms with Crippen molar-refractivity contribution in [2.75, 3.05) is 53.5 Å². The molecule has 8 nitrogen and oxygen atoms in total. The van der Waals surface area contributed by atoms with E-state index in [2.05, 4.69) is 4.90 Å². The van der Waals surface area contributed by atoms with E-state index in [9.17, 15) is 18.5 Å². The predicted molar refractivity (Wildman–Crippen MR) is 110 cm³/mol. The van der Waals surface area contributed by atoms with Crippen molar-refractivity contribution in [1.29, 1.82) is 5.26 Å². The lowest BCUT2D eigenvalue weighted by atomic mass is 9.75. The molecule has 0 N–H and O–H groups in total. The Labute approximate surface area is 178 Å². The third kappa shape index (κ3) is 3.23. The van der Waals surface area contributed by atoms with Gasteiger partial charge in [-0.05, 0) is 25.0 Å². The molecule has 4 rings (SSSR count). The Morgan fingerprint density at radius 2 is 1.93 bits per heavy atom. The van der Waals surface area contributed by atoms with E-state index in [1.807, 2.05) is 18.0 Å². The average molecular weight is 433 g/mol. The highest BCUT2D eigenvalue weighted by Gasteiger charge is 2.60. The van der Waals surface area contributed by atoms with Crippen LogP contribution < -0.4 is 0 Å². The van der Waals surface area contributed by atoms with Crippen molar-refractivity contribution in [3.63, 3.8) is 0 Å². The fourth-order valence-electron chi connectivity index (χ4n) is 5.54. The molecule has 0 aromatic heterocycles. The van der Waals surface area contributed by atoms with Crippen molar-refractivity contribution >= 4 is 15.9 Å². The second-order valence-corrected chi connectivity index (χ2v) is 10.4. The lowest BCUT2D eigenvalue weighted by Gasteiger charge is -2.46. The van der Waals surface area contributed by atoms with Crippen molar-refractivity contribution < 1.29 is 17.9 Å². The van der Waals surface area contributed by atoms with E-state index in [-0.39, 0.29) is 33.7 Å². The molecule has 1 amide bonds. The Balaban J connectivity index is 1.53. The summed E-state index contributed by atoms with van der Waals surface area (Å²) in [6.07, 6.45) is 1.23. The van der Waals surface area contributed by atoms with E-state index < -0.39 is 10.0 Å². The topological polar surface area (TPSA) is 93.9 Å². The Morgan fingerprint density at radius 3 is 2.60 bits per heavy atom. The number of likely N-dealkylation sites (tertiary alicyclic amines) is 2. The smallest absolute Gasteiger partial charge is 0.244 e. The molecule has 30 heavy (non-hydrogen) atoms. The van der Waals surface area contributed by atoms with Crippen LogP contribution in [0, 0.1) is 23.2 Å². The molecule has 0 aliphatic carbocycles. The van der Waals surface area contributed by atoms with Crippen LogP contribution in [-0.2, 0) is 19.6 Å². The van der Waals surface area contributed by atoms with Crippen molar-refractivity contribution in [3.8, 4) is 6.07 Å². The van der Waals surface area contributed by atoms with Crippen LogP contribution in [0.3, 0.4) is 0 Å². The minimum atomic E-state index is -3.75. The average Bonchev–Trinajstić information content (AvgIpc) is 3.27. The maximum absolute atomic E-state index is 13.2. The van der Waals surface area contributed by atoms with Gasteiger partial charge < -0.3 is 9.64 Å². The first-order chi connectivity index (χ1) is 14.3. The summed E-state index contributed by atoms with van der Waals surface area (Å²) in [7, 11) is -0.198. The van der Waals surface area contributed by atoms with E-state index in [4.69, 9.17) is 4.74 Å². The Bertz CT molecular complexity index is 965. The third-order valence-electron chi connectivity index (χ3n) is 7.23. The van der Waals surface area contributed by atoms with Gasteiger partial charge in [-0.1, -0.05) is 12.1 Å². The summed E-state index contributed by atoms with van der Waals surface area (Å²) < 4.78 is 33.0. The first-order valence-electron chi connectivity index (χ1n) is 10.3. The van der Waals surface area contributed by atoms with E-state index >= 15 is 0 Å². The highest BCUT2D eigenvalue weighted by molar-refractivity contribution is 7.89. The summed E-state index contributed by atoms with van der Waals surface area (Å²) in [6.45, 7) is 3.73. The number of fused-ring (bicyclic) bond motifs is 2. The highest BCUT2D eigenvalue weighted by Crippen LogP contribution is 2.49. The molecule has 0 unspecified atom stereocenters. The minimum Gasteiger partial charge on any atom is -0.383 e. The number of benzene rings is 1. The van der Waals surface area contributed by atoms with Crippen LogP contribution in [0.1, 0.15) is 18.4 Å². The van der Waals surface area contributed by atoms with Crippen molar-refractivity contribution in [2.24, 2.45) is 11.8 Å². The number of ether oxygens (including phenoxy) is 1. The summed E-state index contributed by atoms with van der Waals surface area (Å²) in [5.74, 6) is 0.364. The Hall–Kier alpha value is -1.99. The predicted octanol–water partition coefficient (Wildman–Crippen LogP) is 0.748. The molecule has 1 aromatic carbocycles. The number of methoxy groups -OCH3 is 1. The molecule has 3 fully saturated rings. The molecule has 0 radical (unpaired) electrons. The lowest BCUT2D eigenvalue weighted by molar-refractivity contribution is -0.133. The fraction of sp³-hybridized carbons (Fsp3) is 0.619. The van der Waals surface area contributed by atoms with Crippen LogP contribution in [0.15, 0.2) is 29.2 Å². The number of piperidine rings is 1. The van der Waals surface area contributed by atoms with Crippen molar-refractivity contribution in [2.45, 2.75) is 23.3 Å². The molecule has 0 bridgehead atoms. The van der Waals surface area contributed by atoms with E-state index in [0.717, 1.165) is 19.6 Å². The molecule has 3 aliphatic rings. The number of rotatable bonds is 5. The summed E-state index contributed by atoms with van der Waals surface area (Å²) in [5.41, 5.74) is -0.139. The molecule has 162 valence electrons. The van der Waals surface area contributed by atoms with Gasteiger partial charge >= 0.3 is 0 Å². The zero-order valence-corrected chi connectivity index (χ0v) is 18.3. The number of sulfonamides is 1. The molecular weight excluding hydrogens is 404 g/mol. The van der Waals surface area contributed by atoms with E-state index in [0.29, 0.717) is 32.5 Å². The van der Waals surface area contributed by atoms with Crippen molar-refractivity contribution in [3.05, 3.63) is 29.8 Å². The summed E-state index contributed by atoms with van der Waals surface area (Å²) >= 11 is 0. The van der Waals surface area contributed by atoms with Crippen LogP contribution in [0.25, 0.3) is 0 Å². The van der Waals surface area contributed by atoms with Crippen LogP contribution in [0.4, 0.5) is 0 Å². The monoisotopic (exact) mass is 432 g/mol. The summed E-state index contributed by atoms with van der Waals surface area (Å²) in [4.78, 5) is 17.2. The fourth-order valence-corrected chi connectivity index (χ4v) is 7.13. The number of carbonyl (C=O) groups is 1. The van der Waals surface area contributed by atoms with Gasteiger partial charge in [-0.15, -0.1) is 0 Å². The number of nitrogens with zero attached hydrogens (tertiary/aromatic N) is 4. The SMILES string of the molecule is COCCN1C[C@H]2C(=O)N(C)C3(CCN(S(=O)(=O)c4ccccc4C#N)CC3)[C@H]2C1. The Kier molecular flexibility index (Phi) is 5.62. The van der Waals surface area contributed by atoms with Crippen molar-refractivity contribution in [1.82, 2.24) is 14.1 Å². The maximum atomic E-state index is 13.2. The van der Waals surface area contributed by atoms with E-state index in [1.54, 1.807) is 19.2 Å². The zero-order valence-electron chi connectivity index (χ0n) is 17.5. The molecular formula is C21H28N4O4S. The van der Waals surface area contributed by atoms with Crippen LogP contribution in [0.5, 0.6) is 0 Å². The van der Waals surface area contributed by atoms with Gasteiger partial charge in [0.05, 0.1) is 23.0 Å². The van der Waals surface area contributed by atoms with Crippen LogP contribution >= 0.6 is 0 Å². The second kappa shape index (κ2) is 7.93. The van der Waals surface area contributed by atoms with Gasteiger partial charge in [0.2, 0.25) is 15.9 Å². The lowest BCUT2D eigenvalue weighted by Crippen LogP contribution is -2.56. The molecule has 3 saturated heterocycles. The number of amides is 1. The number of nitriles is 1. The third-order valence-corrected chi connectivity index (χ3v) is 9.18. The first kappa shape index (κ1) is 21.2. The largest absolute Gasteiger partial charge is 0.383 e. The maximum Gasteiger partial charge on any atom is 0.244 e. The van der Waals surface area contributed by atoms with Gasteiger partial charge in [0.15, 0.2) is 0 Å². The minimum absolute atomic E-state index is 0.0191. The van der Waals surface area contributed by atoms with Gasteiger partial charge in [-0.2, -0.15) is 9.57 Å². The highest BCUT2D eigenvalue weighted by atomic mass is 32.2. The second-order valence-electron chi connectivity index (χ2n) is 8.48. The number of hydrogen-bond donors (Lipinski definition) is 0. The summed E-state index contributed by atoms with van der Waals surface area (Å²) in [5, 5.41) is 9.31. The molecule has 3 aliphatic heterocycles. The van der Waals surface area contributed by atoms with Gasteiger partial charge in [0.1, 0.15) is 6.07 Å². The first-order valence-corrected chi connectivity index (χ1v) is 11.8. The van der Waals surface area contributed by atoms with E-state index in [1.165, 1.54) is 16.4 Å². The molecule has 1 spiro atoms. The number of carbonyl (C=O) groups excluding carboxylic acids is 1. The number of hydrogen-bond acceptors (Lipinski definition) is 6. The zero-order chi connectivity index (χ0) is 21.5. The van der Waals surface area contributed by atoms with Gasteiger partial charge in [0, 0.05) is 58.3 Å². The van der Waals surface area contributed by atoms with Gasteiger partial charge in [0.25, 0.3) is 0 Å². The normalized spacial score (nSPS) is 26.8. The summed E-state index contributed by atoms with van der Waals surface area (Å²) in [6, 6.07) is 8.30. The molecule has 9 heteroatoms. The van der Waals surface area contributed by atoms with Crippen LogP contribution in [-0.4, -0.2) is 87.5 Å². The van der Waals surface area contributed by atoms with Gasteiger partial charge in [-0.3, -0.25) is 9.69 Å². The molecule has 0 saturated carbocycles. The standard InChI is InChI=1S/C21H28N4O4S/c1-23-20(26)17-14-24(11-12-29-2)15-18(17)21(23)7-9-25(10-8-21)30(27,28)19-6-4-3-5-16(19)13-22/h3-6,17-18H,7-12,14-15H2,1-2H3/t17-,18+/m1/s1. The molecule has 3 heterocycles.